The minimum absolute atomic E-state index is 0.253. The van der Waals surface area contributed by atoms with Crippen molar-refractivity contribution >= 4 is 11.8 Å². The third kappa shape index (κ3) is 4.57. The van der Waals surface area contributed by atoms with E-state index in [1.54, 1.807) is 43.3 Å². The Bertz CT molecular complexity index is 981. The molecule has 0 aliphatic heterocycles. The smallest absolute Gasteiger partial charge is 0.338 e. The van der Waals surface area contributed by atoms with Gasteiger partial charge in [0.15, 0.2) is 6.10 Å². The zero-order chi connectivity index (χ0) is 21.0. The molecule has 0 aliphatic rings. The van der Waals surface area contributed by atoms with Gasteiger partial charge in [0.25, 0.3) is 0 Å². The van der Waals surface area contributed by atoms with Crippen LogP contribution >= 0.6 is 0 Å². The lowest BCUT2D eigenvalue weighted by atomic mass is 10.1. The lowest BCUT2D eigenvalue weighted by Gasteiger charge is -2.14. The molecule has 1 aromatic heterocycles. The van der Waals surface area contributed by atoms with Crippen LogP contribution in [0.5, 0.6) is 5.75 Å². The predicted molar refractivity (Wildman–Crippen MR) is 112 cm³/mol. The number of aromatic nitrogens is 1. The first-order valence-electron chi connectivity index (χ1n) is 9.64. The number of ketones is 1. The molecule has 0 radical (unpaired) electrons. The van der Waals surface area contributed by atoms with Crippen LogP contribution in [0.4, 0.5) is 0 Å². The van der Waals surface area contributed by atoms with Crippen LogP contribution < -0.4 is 4.74 Å². The molecule has 29 heavy (non-hydrogen) atoms. The SMILES string of the molecule is CCOc1ccc(C(=O)[C@H](C)OC(=O)c2ccc(-n3c(C)ccc3C)cc2)cc1. The molecule has 1 atom stereocenters. The van der Waals surface area contributed by atoms with Crippen LogP contribution in [0.1, 0.15) is 46.0 Å². The molecule has 0 spiro atoms. The lowest BCUT2D eigenvalue weighted by molar-refractivity contribution is 0.0319. The third-order valence-corrected chi connectivity index (χ3v) is 4.74. The van der Waals surface area contributed by atoms with Crippen LogP contribution in [0.2, 0.25) is 0 Å². The molecule has 0 saturated carbocycles. The van der Waals surface area contributed by atoms with Crippen molar-refractivity contribution in [1.29, 1.82) is 0 Å². The Morgan fingerprint density at radius 1 is 0.862 bits per heavy atom. The molecule has 3 aromatic rings. The molecule has 2 aromatic carbocycles. The van der Waals surface area contributed by atoms with Crippen molar-refractivity contribution in [2.45, 2.75) is 33.8 Å². The van der Waals surface area contributed by atoms with Crippen LogP contribution in [-0.4, -0.2) is 29.0 Å². The quantitative estimate of drug-likeness (QED) is 0.424. The van der Waals surface area contributed by atoms with E-state index >= 15 is 0 Å². The Morgan fingerprint density at radius 2 is 1.41 bits per heavy atom. The maximum absolute atomic E-state index is 12.5. The minimum Gasteiger partial charge on any atom is -0.494 e. The van der Waals surface area contributed by atoms with E-state index in [1.165, 1.54) is 0 Å². The lowest BCUT2D eigenvalue weighted by Crippen LogP contribution is -2.24. The van der Waals surface area contributed by atoms with Gasteiger partial charge in [-0.25, -0.2) is 4.79 Å². The fraction of sp³-hybridized carbons (Fsp3) is 0.250. The van der Waals surface area contributed by atoms with Gasteiger partial charge in [-0.1, -0.05) is 0 Å². The van der Waals surface area contributed by atoms with Gasteiger partial charge >= 0.3 is 5.97 Å². The molecule has 0 N–H and O–H groups in total. The second kappa shape index (κ2) is 8.78. The number of nitrogens with zero attached hydrogens (tertiary/aromatic N) is 1. The average molecular weight is 391 g/mol. The number of hydrogen-bond donors (Lipinski definition) is 0. The van der Waals surface area contributed by atoms with Crippen molar-refractivity contribution in [3.05, 3.63) is 83.2 Å². The average Bonchev–Trinajstić information content (AvgIpc) is 3.06. The van der Waals surface area contributed by atoms with Gasteiger partial charge in [-0.05, 0) is 88.4 Å². The summed E-state index contributed by atoms with van der Waals surface area (Å²) in [5, 5.41) is 0. The number of rotatable bonds is 7. The van der Waals surface area contributed by atoms with Gasteiger partial charge in [-0.15, -0.1) is 0 Å². The zero-order valence-electron chi connectivity index (χ0n) is 17.1. The molecular formula is C24H25NO4. The highest BCUT2D eigenvalue weighted by Crippen LogP contribution is 2.18. The molecule has 0 unspecified atom stereocenters. The Hall–Kier alpha value is -3.34. The first kappa shape index (κ1) is 20.4. The number of Topliss-reactive ketones (excluding diaryl/α,β-unsaturated/α-hetero) is 1. The summed E-state index contributed by atoms with van der Waals surface area (Å²) < 4.78 is 12.9. The van der Waals surface area contributed by atoms with Gasteiger partial charge in [0.2, 0.25) is 5.78 Å². The molecule has 150 valence electrons. The van der Waals surface area contributed by atoms with E-state index in [0.29, 0.717) is 23.5 Å². The summed E-state index contributed by atoms with van der Waals surface area (Å²) in [6.45, 7) is 8.10. The van der Waals surface area contributed by atoms with Crippen LogP contribution in [0, 0.1) is 13.8 Å². The highest BCUT2D eigenvalue weighted by molar-refractivity contribution is 6.01. The number of aryl methyl sites for hydroxylation is 2. The Kier molecular flexibility index (Phi) is 6.17. The highest BCUT2D eigenvalue weighted by atomic mass is 16.5. The first-order valence-corrected chi connectivity index (χ1v) is 9.64. The Balaban J connectivity index is 1.67. The van der Waals surface area contributed by atoms with Crippen LogP contribution in [0.15, 0.2) is 60.7 Å². The summed E-state index contributed by atoms with van der Waals surface area (Å²) in [5.74, 6) is -0.0807. The molecule has 0 saturated heterocycles. The normalized spacial score (nSPS) is 11.7. The van der Waals surface area contributed by atoms with Crippen LogP contribution in [-0.2, 0) is 4.74 Å². The molecule has 0 aliphatic carbocycles. The molecule has 0 amide bonds. The van der Waals surface area contributed by atoms with Crippen molar-refractivity contribution in [1.82, 2.24) is 4.57 Å². The number of carbonyl (C=O) groups is 2. The molecule has 5 nitrogen and oxygen atoms in total. The van der Waals surface area contributed by atoms with Gasteiger partial charge < -0.3 is 14.0 Å². The number of esters is 1. The maximum Gasteiger partial charge on any atom is 0.338 e. The monoisotopic (exact) mass is 391 g/mol. The van der Waals surface area contributed by atoms with E-state index in [4.69, 9.17) is 9.47 Å². The summed E-state index contributed by atoms with van der Waals surface area (Å²) in [6.07, 6.45) is -0.881. The fourth-order valence-corrected chi connectivity index (χ4v) is 3.22. The van der Waals surface area contributed by atoms with Crippen LogP contribution in [0.25, 0.3) is 5.69 Å². The first-order chi connectivity index (χ1) is 13.9. The number of hydrogen-bond acceptors (Lipinski definition) is 4. The highest BCUT2D eigenvalue weighted by Gasteiger charge is 2.20. The topological polar surface area (TPSA) is 57.5 Å². The van der Waals surface area contributed by atoms with E-state index in [0.717, 1.165) is 17.1 Å². The molecule has 1 heterocycles. The minimum atomic E-state index is -0.881. The molecule has 5 heteroatoms. The Labute approximate surface area is 170 Å². The van der Waals surface area contributed by atoms with Crippen molar-refractivity contribution in [2.75, 3.05) is 6.61 Å². The largest absolute Gasteiger partial charge is 0.494 e. The standard InChI is InChI=1S/C24H25NO4/c1-5-28-22-14-10-19(11-15-22)23(26)18(4)29-24(27)20-8-12-21(13-9-20)25-16(2)6-7-17(25)3/h6-15,18H,5H2,1-4H3/t18-/m0/s1. The van der Waals surface area contributed by atoms with E-state index < -0.39 is 12.1 Å². The van der Waals surface area contributed by atoms with Gasteiger partial charge in [-0.2, -0.15) is 0 Å². The summed E-state index contributed by atoms with van der Waals surface area (Å²) in [6, 6.07) is 18.1. The van der Waals surface area contributed by atoms with Gasteiger partial charge in [0.1, 0.15) is 5.75 Å². The summed E-state index contributed by atoms with van der Waals surface area (Å²) in [4.78, 5) is 25.0. The number of ether oxygens (including phenoxy) is 2. The predicted octanol–water partition coefficient (Wildman–Crippen LogP) is 4.92. The second-order valence-electron chi connectivity index (χ2n) is 6.87. The van der Waals surface area contributed by atoms with Crippen molar-refractivity contribution in [2.24, 2.45) is 0 Å². The van der Waals surface area contributed by atoms with Crippen molar-refractivity contribution in [3.8, 4) is 11.4 Å². The number of carbonyl (C=O) groups excluding carboxylic acids is 2. The van der Waals surface area contributed by atoms with E-state index in [-0.39, 0.29) is 5.78 Å². The van der Waals surface area contributed by atoms with Gasteiger partial charge in [0, 0.05) is 22.6 Å². The van der Waals surface area contributed by atoms with Gasteiger partial charge in [0.05, 0.1) is 12.2 Å². The number of benzene rings is 2. The molecule has 0 fully saturated rings. The molecular weight excluding hydrogens is 366 g/mol. The van der Waals surface area contributed by atoms with Gasteiger partial charge in [-0.3, -0.25) is 4.79 Å². The maximum atomic E-state index is 12.5. The summed E-state index contributed by atoms with van der Waals surface area (Å²) in [5.41, 5.74) is 4.09. The molecule has 3 rings (SSSR count). The van der Waals surface area contributed by atoms with Crippen molar-refractivity contribution < 1.29 is 19.1 Å². The van der Waals surface area contributed by atoms with Crippen molar-refractivity contribution in [3.63, 3.8) is 0 Å². The fourth-order valence-electron chi connectivity index (χ4n) is 3.22. The van der Waals surface area contributed by atoms with E-state index in [1.807, 2.05) is 45.0 Å². The summed E-state index contributed by atoms with van der Waals surface area (Å²) >= 11 is 0. The van der Waals surface area contributed by atoms with Crippen LogP contribution in [0.3, 0.4) is 0 Å². The third-order valence-electron chi connectivity index (χ3n) is 4.74. The second-order valence-corrected chi connectivity index (χ2v) is 6.87. The van der Waals surface area contributed by atoms with E-state index in [9.17, 15) is 9.59 Å². The Morgan fingerprint density at radius 3 is 1.97 bits per heavy atom. The van der Waals surface area contributed by atoms with E-state index in [2.05, 4.69) is 4.57 Å². The summed E-state index contributed by atoms with van der Waals surface area (Å²) in [7, 11) is 0. The molecule has 0 bridgehead atoms. The zero-order valence-corrected chi connectivity index (χ0v) is 17.1.